The van der Waals surface area contributed by atoms with Crippen molar-refractivity contribution in [1.82, 2.24) is 0 Å². The molecule has 0 radical (unpaired) electrons. The summed E-state index contributed by atoms with van der Waals surface area (Å²) in [6.45, 7) is 70.6. The highest BCUT2D eigenvalue weighted by Gasteiger charge is 2.23. The molecule has 0 spiro atoms. The molecular formula is C96H204. The van der Waals surface area contributed by atoms with Crippen LogP contribution < -0.4 is 0 Å². The summed E-state index contributed by atoms with van der Waals surface area (Å²) < 4.78 is 0. The average Bonchev–Trinajstić information content (AvgIpc) is 2.22. The topological polar surface area (TPSA) is 0 Å². The smallest absolute Gasteiger partial charge is 0.0380 e. The van der Waals surface area contributed by atoms with Crippen molar-refractivity contribution in [1.29, 1.82) is 0 Å². The van der Waals surface area contributed by atoms with Crippen LogP contribution in [-0.2, 0) is 0 Å². The maximum atomic E-state index is 2.41. The largest absolute Gasteiger partial charge is 0.0654 e. The number of rotatable bonds is 54. The molecule has 0 aliphatic heterocycles. The molecule has 0 rings (SSSR count). The minimum Gasteiger partial charge on any atom is -0.0654 e. The Morgan fingerprint density at radius 3 is 0.396 bits per heavy atom. The fourth-order valence-electron chi connectivity index (χ4n) is 15.4. The molecule has 0 saturated heterocycles. The van der Waals surface area contributed by atoms with Crippen molar-refractivity contribution >= 4 is 0 Å². The van der Waals surface area contributed by atoms with E-state index in [2.05, 4.69) is 208 Å². The third-order valence-corrected chi connectivity index (χ3v) is 20.1. The van der Waals surface area contributed by atoms with Gasteiger partial charge in [0.1, 0.15) is 0 Å². The number of hydrogen-bond donors (Lipinski definition) is 0. The molecule has 0 aromatic heterocycles. The summed E-state index contributed by atoms with van der Waals surface area (Å²) in [6, 6.07) is 0. The lowest BCUT2D eigenvalue weighted by Gasteiger charge is -2.26. The molecule has 96 heavy (non-hydrogen) atoms. The van der Waals surface area contributed by atoms with Gasteiger partial charge in [0.05, 0.1) is 0 Å². The highest BCUT2D eigenvalue weighted by Crippen LogP contribution is 2.36. The maximum Gasteiger partial charge on any atom is -0.0380 e. The van der Waals surface area contributed by atoms with Crippen molar-refractivity contribution in [2.24, 2.45) is 68.0 Å². The summed E-state index contributed by atoms with van der Waals surface area (Å²) in [5.41, 5.74) is 3.10. The molecule has 0 nitrogen and oxygen atoms in total. The minimum absolute atomic E-state index is 0.512. The fourth-order valence-corrected chi connectivity index (χ4v) is 15.4. The van der Waals surface area contributed by atoms with Crippen LogP contribution in [0, 0.1) is 68.0 Å². The highest BCUT2D eigenvalue weighted by atomic mass is 14.3. The van der Waals surface area contributed by atoms with Crippen molar-refractivity contribution in [2.75, 3.05) is 0 Å². The Balaban J connectivity index is -0.000000255. The fraction of sp³-hybridized carbons (Fsp3) is 1.00. The molecule has 588 valence electrons. The number of hydrogen-bond acceptors (Lipinski definition) is 0. The van der Waals surface area contributed by atoms with Gasteiger partial charge in [-0.3, -0.25) is 0 Å². The summed E-state index contributed by atoms with van der Waals surface area (Å²) >= 11 is 0. The van der Waals surface area contributed by atoms with Crippen LogP contribution in [0.4, 0.5) is 0 Å². The average molecular weight is 1360 g/mol. The zero-order valence-electron chi connectivity index (χ0n) is 74.6. The Morgan fingerprint density at radius 1 is 0.135 bits per heavy atom. The molecule has 0 bridgehead atoms. The van der Waals surface area contributed by atoms with Gasteiger partial charge in [-0.2, -0.15) is 0 Å². The maximum absolute atomic E-state index is 2.41. The van der Waals surface area contributed by atoms with E-state index in [-0.39, 0.29) is 0 Å². The van der Waals surface area contributed by atoms with E-state index in [9.17, 15) is 0 Å². The molecule has 0 aromatic rings. The Bertz CT molecular complexity index is 1350. The van der Waals surface area contributed by atoms with E-state index in [1.54, 1.807) is 0 Å². The van der Waals surface area contributed by atoms with Gasteiger partial charge in [0.2, 0.25) is 0 Å². The Labute approximate surface area is 618 Å². The van der Waals surface area contributed by atoms with Crippen molar-refractivity contribution < 1.29 is 0 Å². The quantitative estimate of drug-likeness (QED) is 0.0533. The molecule has 0 heteroatoms. The Morgan fingerprint density at radius 2 is 0.250 bits per heavy atom. The second kappa shape index (κ2) is 72.0. The SMILES string of the molecule is CCCCC(CC)CC(C)(C)C.CCCCC(CCCC)CC(C)(C)C.CCCCCCC(CCCC)CC(C)(C)C.CCCCCCC(CCCC)CC(C)(C)C.CCCCCCC(CCCCCC)CC(C)(C)C.CCCCCCCCC(CCCCCC)CC(C)(C)C. The van der Waals surface area contributed by atoms with Gasteiger partial charge in [-0.1, -0.05) is 516 Å². The van der Waals surface area contributed by atoms with Crippen LogP contribution in [0.15, 0.2) is 0 Å². The van der Waals surface area contributed by atoms with E-state index in [1.807, 2.05) is 0 Å². The van der Waals surface area contributed by atoms with E-state index in [1.165, 1.54) is 347 Å². The molecule has 0 saturated carbocycles. The lowest BCUT2D eigenvalue weighted by atomic mass is 9.80. The van der Waals surface area contributed by atoms with Crippen molar-refractivity contribution in [3.8, 4) is 0 Å². The minimum atomic E-state index is 0.512. The molecule has 0 N–H and O–H groups in total. The van der Waals surface area contributed by atoms with Crippen LogP contribution in [0.1, 0.15) is 554 Å². The molecule has 0 aliphatic carbocycles. The second-order valence-electron chi connectivity index (χ2n) is 39.7. The van der Waals surface area contributed by atoms with E-state index in [4.69, 9.17) is 0 Å². The third-order valence-electron chi connectivity index (χ3n) is 20.1. The van der Waals surface area contributed by atoms with Gasteiger partial charge in [-0.25, -0.2) is 0 Å². The van der Waals surface area contributed by atoms with Gasteiger partial charge in [0, 0.05) is 0 Å². The number of unbranched alkanes of at least 4 members (excludes halogenated alkanes) is 25. The van der Waals surface area contributed by atoms with Gasteiger partial charge >= 0.3 is 0 Å². The van der Waals surface area contributed by atoms with Crippen LogP contribution in [0.3, 0.4) is 0 Å². The summed E-state index contributed by atoms with van der Waals surface area (Å²) in [6.07, 6.45) is 77.0. The molecule has 0 aliphatic rings. The first-order valence-electron chi connectivity index (χ1n) is 45.0. The van der Waals surface area contributed by atoms with Crippen molar-refractivity contribution in [3.05, 3.63) is 0 Å². The molecule has 4 unspecified atom stereocenters. The summed E-state index contributed by atoms with van der Waals surface area (Å²) in [4.78, 5) is 0. The predicted octanol–water partition coefficient (Wildman–Crippen LogP) is 37.2. The molecule has 0 fully saturated rings. The van der Waals surface area contributed by atoms with Crippen LogP contribution >= 0.6 is 0 Å². The van der Waals surface area contributed by atoms with Gasteiger partial charge in [0.25, 0.3) is 0 Å². The standard InChI is InChI=1S/C20H42.C18H38.2C16H34.C14H30.C12H26/c1-6-8-10-12-13-15-17-19(18-20(3,4)5)16-14-11-9-7-2;1-6-8-10-12-14-17(16-18(3,4)5)15-13-11-9-7-2;2*1-6-8-10-11-13-15(12-9-7-2)14-16(3,4)5;1-6-8-10-13(11-9-7-2)12-14(3,4)5;1-6-8-9-11(7-2)10-12(3,4)5/h19H,6-18H2,1-5H3;17H,6-16H2,1-5H3;2*15H,6-14H2,1-5H3;13H,6-12H2,1-5H3;11H,6-10H2,1-5H3. The lowest BCUT2D eigenvalue weighted by Crippen LogP contribution is -2.13. The molecule has 0 aromatic carbocycles. The first kappa shape index (κ1) is 107. The molecular weight excluding hydrogens is 1150 g/mol. The van der Waals surface area contributed by atoms with E-state index in [0.717, 1.165) is 35.5 Å². The van der Waals surface area contributed by atoms with Gasteiger partial charge in [0.15, 0.2) is 0 Å². The van der Waals surface area contributed by atoms with E-state index >= 15 is 0 Å². The van der Waals surface area contributed by atoms with Crippen LogP contribution in [0.2, 0.25) is 0 Å². The van der Waals surface area contributed by atoms with Gasteiger partial charge < -0.3 is 0 Å². The van der Waals surface area contributed by atoms with Crippen LogP contribution in [0.25, 0.3) is 0 Å². The van der Waals surface area contributed by atoms with Crippen molar-refractivity contribution in [2.45, 2.75) is 554 Å². The summed E-state index contributed by atoms with van der Waals surface area (Å²) in [7, 11) is 0. The highest BCUT2D eigenvalue weighted by molar-refractivity contribution is 4.75. The zero-order chi connectivity index (χ0) is 74.6. The lowest BCUT2D eigenvalue weighted by molar-refractivity contribution is 0.259. The Hall–Kier alpha value is 0. The Kier molecular flexibility index (Phi) is 80.2. The zero-order valence-corrected chi connectivity index (χ0v) is 74.6. The molecule has 0 amide bonds. The van der Waals surface area contributed by atoms with Crippen LogP contribution in [-0.4, -0.2) is 0 Å². The molecule has 4 atom stereocenters. The van der Waals surface area contributed by atoms with E-state index < -0.39 is 0 Å². The van der Waals surface area contributed by atoms with Gasteiger partial charge in [-0.05, 0) is 107 Å². The third kappa shape index (κ3) is 100. The first-order chi connectivity index (χ1) is 45.0. The first-order valence-corrected chi connectivity index (χ1v) is 45.0. The summed E-state index contributed by atoms with van der Waals surface area (Å²) in [5, 5.41) is 0. The van der Waals surface area contributed by atoms with Gasteiger partial charge in [-0.15, -0.1) is 0 Å². The predicted molar refractivity (Wildman–Crippen MR) is 455 cm³/mol. The van der Waals surface area contributed by atoms with E-state index in [0.29, 0.717) is 32.5 Å². The molecule has 0 heterocycles. The second-order valence-corrected chi connectivity index (χ2v) is 39.7. The monoisotopic (exact) mass is 1360 g/mol. The normalized spacial score (nSPS) is 13.5. The van der Waals surface area contributed by atoms with Crippen molar-refractivity contribution in [3.63, 3.8) is 0 Å². The van der Waals surface area contributed by atoms with Crippen LogP contribution in [0.5, 0.6) is 0 Å². The summed E-state index contributed by atoms with van der Waals surface area (Å²) in [5.74, 6) is 5.88.